The molecule has 1 amide bonds. The Labute approximate surface area is 208 Å². The third kappa shape index (κ3) is 8.72. The van der Waals surface area contributed by atoms with Gasteiger partial charge in [0, 0.05) is 23.8 Å². The molecule has 0 saturated heterocycles. The van der Waals surface area contributed by atoms with Crippen LogP contribution in [0.25, 0.3) is 0 Å². The first-order valence-electron chi connectivity index (χ1n) is 10.2. The highest BCUT2D eigenvalue weighted by molar-refractivity contribution is 9.10. The molecular formula is C21H30BrN2O6PS2. The van der Waals surface area contributed by atoms with E-state index in [9.17, 15) is 22.6 Å². The van der Waals surface area contributed by atoms with E-state index >= 15 is 0 Å². The van der Waals surface area contributed by atoms with Crippen molar-refractivity contribution in [1.82, 2.24) is 8.75 Å². The Morgan fingerprint density at radius 2 is 1.82 bits per heavy atom. The van der Waals surface area contributed by atoms with Crippen LogP contribution in [0.15, 0.2) is 54.0 Å². The molecule has 0 radical (unpaired) electrons. The van der Waals surface area contributed by atoms with Gasteiger partial charge in [-0.2, -0.15) is 0 Å². The third-order valence-corrected chi connectivity index (χ3v) is 13.5. The molecule has 184 valence electrons. The van der Waals surface area contributed by atoms with E-state index in [1.54, 1.807) is 24.3 Å². The van der Waals surface area contributed by atoms with E-state index in [0.717, 1.165) is 37.4 Å². The Balaban J connectivity index is 3.36. The molecule has 0 aromatic heterocycles. The van der Waals surface area contributed by atoms with Gasteiger partial charge in [-0.3, -0.25) is 14.0 Å². The standard InChI is InChI=1S/C21H30BrN2O6PS2/c1-5-8-9-16-32-31(27,24(14-6-2)20(25)21(26)30-15-7-3)23(4)33(28,29)17-18-10-12-19(22)13-11-18/h6-7,10-13H,2-3,5,8-9,14-17H2,1,4H3. The van der Waals surface area contributed by atoms with Gasteiger partial charge in [-0.25, -0.2) is 13.2 Å². The normalized spacial score (nSPS) is 13.2. The molecule has 0 bridgehead atoms. The monoisotopic (exact) mass is 580 g/mol. The highest BCUT2D eigenvalue weighted by Gasteiger charge is 2.46. The van der Waals surface area contributed by atoms with Crippen molar-refractivity contribution in [2.45, 2.75) is 31.9 Å². The second-order valence-electron chi connectivity index (χ2n) is 6.91. The van der Waals surface area contributed by atoms with Crippen LogP contribution >= 0.6 is 34.0 Å². The van der Waals surface area contributed by atoms with Crippen LogP contribution in [0.5, 0.6) is 0 Å². The number of amides is 1. The van der Waals surface area contributed by atoms with Crippen LogP contribution in [-0.4, -0.2) is 55.0 Å². The van der Waals surface area contributed by atoms with Gasteiger partial charge in [0.15, 0.2) is 0 Å². The van der Waals surface area contributed by atoms with Crippen molar-refractivity contribution in [2.24, 2.45) is 0 Å². The van der Waals surface area contributed by atoms with E-state index in [2.05, 4.69) is 29.1 Å². The molecule has 0 N–H and O–H groups in total. The van der Waals surface area contributed by atoms with Crippen LogP contribution in [0.1, 0.15) is 31.7 Å². The van der Waals surface area contributed by atoms with Gasteiger partial charge in [0.25, 0.3) is 0 Å². The number of benzene rings is 1. The SMILES string of the molecule is C=CCOC(=O)C(=O)N(CC=C)P(=O)(SCCCCC)N(C)S(=O)(=O)Cc1ccc(Br)cc1. The van der Waals surface area contributed by atoms with Gasteiger partial charge >= 0.3 is 18.5 Å². The summed E-state index contributed by atoms with van der Waals surface area (Å²) in [6.45, 7) is 4.33. The van der Waals surface area contributed by atoms with Crippen molar-refractivity contribution in [2.75, 3.05) is 26.0 Å². The smallest absolute Gasteiger partial charge is 0.397 e. The minimum atomic E-state index is -4.15. The molecule has 1 atom stereocenters. The summed E-state index contributed by atoms with van der Waals surface area (Å²) in [6, 6.07) is 6.67. The molecule has 0 aliphatic rings. The van der Waals surface area contributed by atoms with E-state index in [1.807, 2.05) is 6.92 Å². The number of carbonyl (C=O) groups excluding carboxylic acids is 2. The van der Waals surface area contributed by atoms with Gasteiger partial charge in [-0.1, -0.05) is 77.9 Å². The van der Waals surface area contributed by atoms with Crippen LogP contribution in [0.2, 0.25) is 0 Å². The first-order chi connectivity index (χ1) is 15.5. The van der Waals surface area contributed by atoms with Gasteiger partial charge in [-0.05, 0) is 24.1 Å². The quantitative estimate of drug-likeness (QED) is 0.100. The van der Waals surface area contributed by atoms with Crippen molar-refractivity contribution < 1.29 is 27.3 Å². The Morgan fingerprint density at radius 1 is 1.18 bits per heavy atom. The summed E-state index contributed by atoms with van der Waals surface area (Å²) in [5.41, 5.74) is 0.486. The minimum absolute atomic E-state index is 0.210. The molecule has 33 heavy (non-hydrogen) atoms. The lowest BCUT2D eigenvalue weighted by molar-refractivity contribution is -0.156. The maximum absolute atomic E-state index is 14.2. The molecule has 0 saturated carbocycles. The Kier molecular flexibility index (Phi) is 12.7. The zero-order valence-electron chi connectivity index (χ0n) is 18.8. The van der Waals surface area contributed by atoms with E-state index in [1.165, 1.54) is 19.2 Å². The average Bonchev–Trinajstić information content (AvgIpc) is 2.78. The molecule has 0 heterocycles. The lowest BCUT2D eigenvalue weighted by Crippen LogP contribution is -2.40. The first kappa shape index (κ1) is 29.6. The first-order valence-corrected chi connectivity index (χ1v) is 15.8. The van der Waals surface area contributed by atoms with Gasteiger partial charge in [0.05, 0.1) is 5.75 Å². The molecule has 0 aliphatic heterocycles. The molecule has 1 aromatic carbocycles. The fraction of sp³-hybridized carbons (Fsp3) is 0.429. The van der Waals surface area contributed by atoms with Crippen molar-refractivity contribution in [1.29, 1.82) is 0 Å². The minimum Gasteiger partial charge on any atom is -0.454 e. The number of ether oxygens (including phenoxy) is 1. The number of halogens is 1. The zero-order chi connectivity index (χ0) is 25.1. The van der Waals surface area contributed by atoms with Crippen LogP contribution in [0.4, 0.5) is 0 Å². The van der Waals surface area contributed by atoms with E-state index in [4.69, 9.17) is 4.74 Å². The maximum Gasteiger partial charge on any atom is 0.397 e. The second kappa shape index (κ2) is 14.1. The Morgan fingerprint density at radius 3 is 2.36 bits per heavy atom. The highest BCUT2D eigenvalue weighted by Crippen LogP contribution is 2.65. The van der Waals surface area contributed by atoms with Crippen molar-refractivity contribution >= 4 is 55.9 Å². The molecule has 1 rings (SSSR count). The summed E-state index contributed by atoms with van der Waals surface area (Å²) in [5, 5.41) is 0. The topological polar surface area (TPSA) is 101 Å². The van der Waals surface area contributed by atoms with Crippen LogP contribution in [0, 0.1) is 0 Å². The summed E-state index contributed by atoms with van der Waals surface area (Å²) in [5.74, 6) is -2.53. The van der Waals surface area contributed by atoms with Crippen LogP contribution < -0.4 is 0 Å². The summed E-state index contributed by atoms with van der Waals surface area (Å²) in [6.07, 6.45) is 5.00. The van der Waals surface area contributed by atoms with E-state index < -0.39 is 34.3 Å². The molecule has 1 aromatic rings. The largest absolute Gasteiger partial charge is 0.454 e. The predicted octanol–water partition coefficient (Wildman–Crippen LogP) is 4.99. The summed E-state index contributed by atoms with van der Waals surface area (Å²) < 4.78 is 47.7. The lowest BCUT2D eigenvalue weighted by atomic mass is 10.2. The number of unbranched alkanes of at least 4 members (excludes halogenated alkanes) is 2. The predicted molar refractivity (Wildman–Crippen MR) is 137 cm³/mol. The van der Waals surface area contributed by atoms with Gasteiger partial charge in [0.2, 0.25) is 10.0 Å². The van der Waals surface area contributed by atoms with Gasteiger partial charge < -0.3 is 4.74 Å². The van der Waals surface area contributed by atoms with Crippen LogP contribution in [-0.2, 0) is 34.7 Å². The number of sulfonamides is 1. The fourth-order valence-electron chi connectivity index (χ4n) is 2.61. The lowest BCUT2D eigenvalue weighted by Gasteiger charge is -2.34. The fourth-order valence-corrected chi connectivity index (χ4v) is 10.9. The average molecular weight is 581 g/mol. The molecule has 0 spiro atoms. The highest BCUT2D eigenvalue weighted by atomic mass is 79.9. The van der Waals surface area contributed by atoms with Crippen molar-refractivity contribution in [3.63, 3.8) is 0 Å². The zero-order valence-corrected chi connectivity index (χ0v) is 22.9. The van der Waals surface area contributed by atoms with Gasteiger partial charge in [-0.15, -0.1) is 10.7 Å². The summed E-state index contributed by atoms with van der Waals surface area (Å²) in [4.78, 5) is 25.1. The van der Waals surface area contributed by atoms with Crippen LogP contribution in [0.3, 0.4) is 0 Å². The molecule has 8 nitrogen and oxygen atoms in total. The summed E-state index contributed by atoms with van der Waals surface area (Å²) >= 11 is 4.15. The Hall–Kier alpha value is -1.39. The second-order valence-corrected chi connectivity index (χ2v) is 15.0. The maximum atomic E-state index is 14.2. The molecule has 0 fully saturated rings. The number of nitrogens with zero attached hydrogens (tertiary/aromatic N) is 2. The van der Waals surface area contributed by atoms with Crippen molar-refractivity contribution in [3.8, 4) is 0 Å². The number of carbonyl (C=O) groups is 2. The number of hydrogen-bond acceptors (Lipinski definition) is 7. The molecule has 1 unspecified atom stereocenters. The molecular weight excluding hydrogens is 551 g/mol. The molecule has 12 heteroatoms. The third-order valence-electron chi connectivity index (χ3n) is 4.38. The van der Waals surface area contributed by atoms with E-state index in [-0.39, 0.29) is 13.2 Å². The number of rotatable bonds is 14. The Bertz CT molecular complexity index is 985. The van der Waals surface area contributed by atoms with E-state index in [0.29, 0.717) is 17.7 Å². The number of hydrogen-bond donors (Lipinski definition) is 0. The molecule has 0 aliphatic carbocycles. The van der Waals surface area contributed by atoms with Gasteiger partial charge in [0.1, 0.15) is 6.61 Å². The number of esters is 1. The van der Waals surface area contributed by atoms with Crippen molar-refractivity contribution in [3.05, 3.63) is 59.6 Å². The summed E-state index contributed by atoms with van der Waals surface area (Å²) in [7, 11) is -2.96.